The third kappa shape index (κ3) is 2.38. The molecule has 3 rings (SSSR count). The van der Waals surface area contributed by atoms with Crippen LogP contribution in [0.3, 0.4) is 0 Å². The molecular formula is C18H15N3O. The van der Waals surface area contributed by atoms with Gasteiger partial charge in [0.05, 0.1) is 23.9 Å². The molecule has 1 aromatic heterocycles. The summed E-state index contributed by atoms with van der Waals surface area (Å²) in [6, 6.07) is 11.9. The number of nitrogens with zero attached hydrogens (tertiary/aromatic N) is 3. The van der Waals surface area contributed by atoms with Crippen molar-refractivity contribution in [2.45, 2.75) is 13.8 Å². The number of ether oxygens (including phenoxy) is 1. The Morgan fingerprint density at radius 2 is 1.91 bits per heavy atom. The van der Waals surface area contributed by atoms with Crippen molar-refractivity contribution in [2.24, 2.45) is 0 Å². The summed E-state index contributed by atoms with van der Waals surface area (Å²) in [6.45, 7) is 3.92. The van der Waals surface area contributed by atoms with Crippen molar-refractivity contribution in [3.8, 4) is 22.9 Å². The number of aromatic nitrogens is 2. The molecule has 0 amide bonds. The van der Waals surface area contributed by atoms with Gasteiger partial charge in [0.25, 0.3) is 0 Å². The molecule has 0 radical (unpaired) electrons. The van der Waals surface area contributed by atoms with Crippen molar-refractivity contribution in [1.29, 1.82) is 5.26 Å². The molecule has 1 heterocycles. The van der Waals surface area contributed by atoms with Crippen molar-refractivity contribution >= 4 is 11.0 Å². The summed E-state index contributed by atoms with van der Waals surface area (Å²) in [5, 5.41) is 9.25. The minimum absolute atomic E-state index is 0.533. The minimum Gasteiger partial charge on any atom is -0.497 e. The van der Waals surface area contributed by atoms with E-state index >= 15 is 0 Å². The SMILES string of the molecule is COc1cc(C)cc(-c2ccc(C#N)c3ncc(C)nc23)c1. The molecular weight excluding hydrogens is 274 g/mol. The monoisotopic (exact) mass is 289 g/mol. The van der Waals surface area contributed by atoms with Crippen LogP contribution in [0.15, 0.2) is 36.5 Å². The lowest BCUT2D eigenvalue weighted by molar-refractivity contribution is 0.414. The molecule has 4 heteroatoms. The molecule has 108 valence electrons. The predicted octanol–water partition coefficient (Wildman–Crippen LogP) is 3.79. The van der Waals surface area contributed by atoms with Crippen LogP contribution >= 0.6 is 0 Å². The Bertz CT molecular complexity index is 910. The Morgan fingerprint density at radius 1 is 1.09 bits per heavy atom. The molecule has 0 bridgehead atoms. The van der Waals surface area contributed by atoms with Gasteiger partial charge in [0, 0.05) is 11.8 Å². The van der Waals surface area contributed by atoms with Gasteiger partial charge in [0.15, 0.2) is 0 Å². The average molecular weight is 289 g/mol. The number of rotatable bonds is 2. The topological polar surface area (TPSA) is 58.8 Å². The van der Waals surface area contributed by atoms with E-state index in [1.165, 1.54) is 0 Å². The van der Waals surface area contributed by atoms with E-state index in [2.05, 4.69) is 22.1 Å². The van der Waals surface area contributed by atoms with Crippen molar-refractivity contribution in [3.63, 3.8) is 0 Å². The van der Waals surface area contributed by atoms with Gasteiger partial charge in [-0.2, -0.15) is 5.26 Å². The second-order valence-electron chi connectivity index (χ2n) is 5.22. The van der Waals surface area contributed by atoms with Gasteiger partial charge in [-0.3, -0.25) is 4.98 Å². The normalized spacial score (nSPS) is 10.5. The zero-order valence-electron chi connectivity index (χ0n) is 12.7. The minimum atomic E-state index is 0.533. The first-order chi connectivity index (χ1) is 10.6. The van der Waals surface area contributed by atoms with Crippen LogP contribution in [0.2, 0.25) is 0 Å². The van der Waals surface area contributed by atoms with Gasteiger partial charge < -0.3 is 4.74 Å². The van der Waals surface area contributed by atoms with Crippen molar-refractivity contribution in [2.75, 3.05) is 7.11 Å². The number of benzene rings is 2. The van der Waals surface area contributed by atoms with E-state index in [9.17, 15) is 5.26 Å². The van der Waals surface area contributed by atoms with E-state index in [0.717, 1.165) is 33.7 Å². The third-order valence-electron chi connectivity index (χ3n) is 3.54. The average Bonchev–Trinajstić information content (AvgIpc) is 2.52. The number of hydrogen-bond donors (Lipinski definition) is 0. The first-order valence-corrected chi connectivity index (χ1v) is 6.95. The maximum atomic E-state index is 9.25. The number of methoxy groups -OCH3 is 1. The van der Waals surface area contributed by atoms with Crippen LogP contribution in [0.25, 0.3) is 22.2 Å². The summed E-state index contributed by atoms with van der Waals surface area (Å²) >= 11 is 0. The van der Waals surface area contributed by atoms with Gasteiger partial charge in [0.1, 0.15) is 17.3 Å². The van der Waals surface area contributed by atoms with Crippen LogP contribution < -0.4 is 4.74 Å². The lowest BCUT2D eigenvalue weighted by Crippen LogP contribution is -1.94. The Labute approximate surface area is 129 Å². The molecule has 0 fully saturated rings. The Balaban J connectivity index is 2.34. The highest BCUT2D eigenvalue weighted by Gasteiger charge is 2.12. The van der Waals surface area contributed by atoms with E-state index in [-0.39, 0.29) is 0 Å². The zero-order chi connectivity index (χ0) is 15.7. The maximum Gasteiger partial charge on any atom is 0.119 e. The lowest BCUT2D eigenvalue weighted by Gasteiger charge is -2.10. The molecule has 0 aliphatic heterocycles. The van der Waals surface area contributed by atoms with Crippen LogP contribution in [0, 0.1) is 25.2 Å². The number of nitriles is 1. The highest BCUT2D eigenvalue weighted by molar-refractivity contribution is 5.94. The molecule has 0 unspecified atom stereocenters. The van der Waals surface area contributed by atoms with E-state index in [4.69, 9.17) is 4.74 Å². The van der Waals surface area contributed by atoms with Crippen molar-refractivity contribution in [1.82, 2.24) is 9.97 Å². The van der Waals surface area contributed by atoms with Gasteiger partial charge in [0.2, 0.25) is 0 Å². The van der Waals surface area contributed by atoms with E-state index in [1.807, 2.05) is 32.0 Å². The molecule has 2 aromatic carbocycles. The summed E-state index contributed by atoms with van der Waals surface area (Å²) < 4.78 is 5.35. The van der Waals surface area contributed by atoms with Gasteiger partial charge >= 0.3 is 0 Å². The second kappa shape index (κ2) is 5.45. The molecule has 0 aliphatic carbocycles. The molecule has 0 saturated heterocycles. The van der Waals surface area contributed by atoms with Crippen molar-refractivity contribution < 1.29 is 4.74 Å². The third-order valence-corrected chi connectivity index (χ3v) is 3.54. The molecule has 22 heavy (non-hydrogen) atoms. The van der Waals surface area contributed by atoms with Gasteiger partial charge in [-0.25, -0.2) is 4.98 Å². The first kappa shape index (κ1) is 14.0. The summed E-state index contributed by atoms with van der Waals surface area (Å²) in [5.41, 5.74) is 5.79. The van der Waals surface area contributed by atoms with Gasteiger partial charge in [-0.05, 0) is 43.2 Å². The molecule has 0 spiro atoms. The molecule has 3 aromatic rings. The number of hydrogen-bond acceptors (Lipinski definition) is 4. The van der Waals surface area contributed by atoms with Crippen LogP contribution in [-0.2, 0) is 0 Å². The standard InChI is InChI=1S/C18H15N3O/c1-11-6-14(8-15(7-11)22-3)16-5-4-13(9-19)17-18(16)21-12(2)10-20-17/h4-8,10H,1-3H3. The fourth-order valence-corrected chi connectivity index (χ4v) is 2.53. The summed E-state index contributed by atoms with van der Waals surface area (Å²) in [6.07, 6.45) is 1.68. The summed E-state index contributed by atoms with van der Waals surface area (Å²) in [5.74, 6) is 0.799. The maximum absolute atomic E-state index is 9.25. The molecule has 0 N–H and O–H groups in total. The quantitative estimate of drug-likeness (QED) is 0.720. The Kier molecular flexibility index (Phi) is 3.48. The Morgan fingerprint density at radius 3 is 2.64 bits per heavy atom. The molecule has 4 nitrogen and oxygen atoms in total. The van der Waals surface area contributed by atoms with Crippen molar-refractivity contribution in [3.05, 3.63) is 53.3 Å². The highest BCUT2D eigenvalue weighted by atomic mass is 16.5. The van der Waals surface area contributed by atoms with E-state index < -0.39 is 0 Å². The summed E-state index contributed by atoms with van der Waals surface area (Å²) in [4.78, 5) is 8.98. The largest absolute Gasteiger partial charge is 0.497 e. The Hall–Kier alpha value is -2.93. The highest BCUT2D eigenvalue weighted by Crippen LogP contribution is 2.31. The smallest absolute Gasteiger partial charge is 0.119 e. The number of aryl methyl sites for hydroxylation is 2. The molecule has 0 aliphatic rings. The molecule has 0 atom stereocenters. The van der Waals surface area contributed by atoms with Crippen LogP contribution in [-0.4, -0.2) is 17.1 Å². The van der Waals surface area contributed by atoms with E-state index in [0.29, 0.717) is 11.1 Å². The summed E-state index contributed by atoms with van der Waals surface area (Å²) in [7, 11) is 1.65. The lowest BCUT2D eigenvalue weighted by atomic mass is 9.99. The fraction of sp³-hybridized carbons (Fsp3) is 0.167. The molecule has 0 saturated carbocycles. The predicted molar refractivity (Wildman–Crippen MR) is 85.7 cm³/mol. The van der Waals surface area contributed by atoms with Gasteiger partial charge in [-0.15, -0.1) is 0 Å². The first-order valence-electron chi connectivity index (χ1n) is 6.95. The van der Waals surface area contributed by atoms with Crippen LogP contribution in [0.4, 0.5) is 0 Å². The van der Waals surface area contributed by atoms with Crippen LogP contribution in [0.1, 0.15) is 16.8 Å². The van der Waals surface area contributed by atoms with Gasteiger partial charge in [-0.1, -0.05) is 12.1 Å². The van der Waals surface area contributed by atoms with Crippen LogP contribution in [0.5, 0.6) is 5.75 Å². The zero-order valence-corrected chi connectivity index (χ0v) is 12.7. The van der Waals surface area contributed by atoms with E-state index in [1.54, 1.807) is 19.4 Å². The fourth-order valence-electron chi connectivity index (χ4n) is 2.53. The second-order valence-corrected chi connectivity index (χ2v) is 5.22. The number of fused-ring (bicyclic) bond motifs is 1.